The van der Waals surface area contributed by atoms with Crippen LogP contribution in [-0.2, 0) is 14.3 Å². The molecule has 1 aliphatic rings. The Labute approximate surface area is 257 Å². The van der Waals surface area contributed by atoms with Gasteiger partial charge in [-0.2, -0.15) is 5.26 Å². The molecule has 0 spiro atoms. The number of hydrogen-bond donors (Lipinski definition) is 0. The number of pyridine rings is 1. The number of esters is 1. The van der Waals surface area contributed by atoms with Crippen molar-refractivity contribution in [1.82, 2.24) is 4.98 Å². The molecule has 1 saturated heterocycles. The topological polar surface area (TPSA) is 136 Å². The number of nitriles is 1. The van der Waals surface area contributed by atoms with Crippen LogP contribution in [0.3, 0.4) is 0 Å². The zero-order chi connectivity index (χ0) is 31.2. The Balaban J connectivity index is 1.26. The number of imide groups is 1. The zero-order valence-corrected chi connectivity index (χ0v) is 24.5. The minimum Gasteiger partial charge on any atom is -0.497 e. The zero-order valence-electron chi connectivity index (χ0n) is 23.7. The number of nitrogens with zero attached hydrogens (tertiary/aromatic N) is 3. The number of ether oxygens (including phenoxy) is 3. The summed E-state index contributed by atoms with van der Waals surface area (Å²) in [6, 6.07) is 25.0. The van der Waals surface area contributed by atoms with E-state index in [1.54, 1.807) is 49.6 Å². The molecule has 220 valence electrons. The molecule has 0 aliphatic carbocycles. The van der Waals surface area contributed by atoms with Crippen LogP contribution < -0.4 is 14.4 Å². The van der Waals surface area contributed by atoms with Gasteiger partial charge in [-0.3, -0.25) is 14.4 Å². The van der Waals surface area contributed by atoms with Gasteiger partial charge in [-0.05, 0) is 60.7 Å². The van der Waals surface area contributed by atoms with Gasteiger partial charge in [-0.15, -0.1) is 0 Å². The summed E-state index contributed by atoms with van der Waals surface area (Å²) in [6.45, 7) is -0.465. The predicted octanol–water partition coefficient (Wildman–Crippen LogP) is 5.10. The lowest BCUT2D eigenvalue weighted by atomic mass is 10.1. The summed E-state index contributed by atoms with van der Waals surface area (Å²) in [6.07, 6.45) is -0.0877. The lowest BCUT2D eigenvalue weighted by molar-refractivity contribution is -0.121. The van der Waals surface area contributed by atoms with Crippen molar-refractivity contribution in [3.63, 3.8) is 0 Å². The normalized spacial score (nSPS) is 14.2. The molecule has 5 rings (SSSR count). The third kappa shape index (κ3) is 6.45. The fourth-order valence-corrected chi connectivity index (χ4v) is 5.59. The first-order valence-corrected chi connectivity index (χ1v) is 14.2. The first kappa shape index (κ1) is 30.0. The molecule has 0 N–H and O–H groups in total. The Kier molecular flexibility index (Phi) is 9.02. The second-order valence-corrected chi connectivity index (χ2v) is 10.7. The average Bonchev–Trinajstić information content (AvgIpc) is 3.34. The van der Waals surface area contributed by atoms with E-state index in [-0.39, 0.29) is 23.2 Å². The van der Waals surface area contributed by atoms with Gasteiger partial charge < -0.3 is 14.2 Å². The number of amides is 2. The number of carbonyl (C=O) groups excluding carboxylic acids is 4. The number of anilines is 1. The maximum absolute atomic E-state index is 13.4. The van der Waals surface area contributed by atoms with Gasteiger partial charge in [0.2, 0.25) is 11.8 Å². The monoisotopic (exact) mass is 607 g/mol. The summed E-state index contributed by atoms with van der Waals surface area (Å²) in [5, 5.41) is 9.19. The van der Waals surface area contributed by atoms with Crippen LogP contribution in [-0.4, -0.2) is 54.6 Å². The predicted molar refractivity (Wildman–Crippen MR) is 162 cm³/mol. The van der Waals surface area contributed by atoms with Crippen LogP contribution in [0.2, 0.25) is 0 Å². The number of Topliss-reactive ketones (excluding diaryl/α,β-unsaturated/α-hetero) is 1. The van der Waals surface area contributed by atoms with Crippen LogP contribution in [0.25, 0.3) is 11.3 Å². The molecule has 10 nitrogen and oxygen atoms in total. The number of aromatic nitrogens is 1. The fourth-order valence-electron chi connectivity index (χ4n) is 4.50. The smallest absolute Gasteiger partial charge is 0.338 e. The lowest BCUT2D eigenvalue weighted by Crippen LogP contribution is -2.31. The average molecular weight is 608 g/mol. The number of thioether (sulfide) groups is 1. The van der Waals surface area contributed by atoms with Crippen LogP contribution in [0.15, 0.2) is 90.0 Å². The third-order valence-corrected chi connectivity index (χ3v) is 7.98. The molecule has 1 atom stereocenters. The van der Waals surface area contributed by atoms with E-state index in [9.17, 15) is 24.4 Å². The van der Waals surface area contributed by atoms with Crippen molar-refractivity contribution >= 4 is 41.0 Å². The molecule has 44 heavy (non-hydrogen) atoms. The second-order valence-electron chi connectivity index (χ2n) is 9.55. The number of ketones is 1. The van der Waals surface area contributed by atoms with Crippen molar-refractivity contribution < 1.29 is 33.4 Å². The Morgan fingerprint density at radius 3 is 2.34 bits per heavy atom. The number of carbonyl (C=O) groups is 4. The van der Waals surface area contributed by atoms with Gasteiger partial charge in [0.1, 0.15) is 22.6 Å². The van der Waals surface area contributed by atoms with Gasteiger partial charge in [-0.25, -0.2) is 14.7 Å². The molecule has 1 unspecified atom stereocenters. The van der Waals surface area contributed by atoms with E-state index in [1.807, 2.05) is 18.2 Å². The van der Waals surface area contributed by atoms with E-state index in [2.05, 4.69) is 11.1 Å². The number of methoxy groups -OCH3 is 2. The van der Waals surface area contributed by atoms with E-state index in [1.165, 1.54) is 31.4 Å². The first-order chi connectivity index (χ1) is 21.3. The van der Waals surface area contributed by atoms with Crippen LogP contribution in [0, 0.1) is 11.3 Å². The highest BCUT2D eigenvalue weighted by Crippen LogP contribution is 2.36. The van der Waals surface area contributed by atoms with Gasteiger partial charge in [0, 0.05) is 17.5 Å². The van der Waals surface area contributed by atoms with Gasteiger partial charge in [-0.1, -0.05) is 36.0 Å². The molecule has 0 radical (unpaired) electrons. The van der Waals surface area contributed by atoms with E-state index in [0.29, 0.717) is 27.8 Å². The van der Waals surface area contributed by atoms with Gasteiger partial charge in [0.25, 0.3) is 0 Å². The maximum atomic E-state index is 13.4. The Morgan fingerprint density at radius 1 is 0.932 bits per heavy atom. The molecule has 4 aromatic rings. The van der Waals surface area contributed by atoms with Crippen molar-refractivity contribution in [2.24, 2.45) is 0 Å². The highest BCUT2D eigenvalue weighted by atomic mass is 32.2. The molecule has 2 heterocycles. The van der Waals surface area contributed by atoms with Crippen LogP contribution in [0.5, 0.6) is 11.5 Å². The highest BCUT2D eigenvalue weighted by molar-refractivity contribution is 8.00. The summed E-state index contributed by atoms with van der Waals surface area (Å²) in [7, 11) is 3.05. The van der Waals surface area contributed by atoms with Gasteiger partial charge in [0.15, 0.2) is 12.4 Å². The lowest BCUT2D eigenvalue weighted by Gasteiger charge is -2.15. The van der Waals surface area contributed by atoms with Gasteiger partial charge >= 0.3 is 5.97 Å². The van der Waals surface area contributed by atoms with Crippen molar-refractivity contribution in [1.29, 1.82) is 5.26 Å². The minimum atomic E-state index is -0.796. The molecule has 0 saturated carbocycles. The highest BCUT2D eigenvalue weighted by Gasteiger charge is 2.41. The number of rotatable bonds is 10. The summed E-state index contributed by atoms with van der Waals surface area (Å²) in [5.74, 6) is -0.852. The Hall–Kier alpha value is -5.47. The molecule has 1 aromatic heterocycles. The second kappa shape index (κ2) is 13.2. The summed E-state index contributed by atoms with van der Waals surface area (Å²) < 4.78 is 15.6. The summed E-state index contributed by atoms with van der Waals surface area (Å²) in [4.78, 5) is 56.9. The van der Waals surface area contributed by atoms with E-state index < -0.39 is 35.4 Å². The van der Waals surface area contributed by atoms with E-state index in [4.69, 9.17) is 14.2 Å². The summed E-state index contributed by atoms with van der Waals surface area (Å²) in [5.41, 5.74) is 2.42. The van der Waals surface area contributed by atoms with E-state index >= 15 is 0 Å². The molecule has 1 fully saturated rings. The molecule has 11 heteroatoms. The standard InChI is InChI=1S/C33H25N3O7S/c1-41-25-7-3-5-21(15-25)27-14-11-23(18-34)31(35-27)44-29-17-30(38)36(32(29)39)24-12-9-20(10-13-24)33(40)43-19-28(37)22-6-4-8-26(16-22)42-2/h3-16,29H,17,19H2,1-2H3. The quantitative estimate of drug-likeness (QED) is 0.136. The van der Waals surface area contributed by atoms with Crippen molar-refractivity contribution in [3.8, 4) is 28.8 Å². The first-order valence-electron chi connectivity index (χ1n) is 13.3. The number of benzene rings is 3. The maximum Gasteiger partial charge on any atom is 0.338 e. The molecular weight excluding hydrogens is 582 g/mol. The van der Waals surface area contributed by atoms with Crippen LogP contribution in [0.1, 0.15) is 32.7 Å². The van der Waals surface area contributed by atoms with E-state index in [0.717, 1.165) is 22.2 Å². The minimum absolute atomic E-state index is 0.0877. The largest absolute Gasteiger partial charge is 0.497 e. The van der Waals surface area contributed by atoms with Crippen molar-refractivity contribution in [2.75, 3.05) is 25.7 Å². The molecule has 1 aliphatic heterocycles. The fraction of sp³-hybridized carbons (Fsp3) is 0.152. The third-order valence-electron chi connectivity index (χ3n) is 6.79. The summed E-state index contributed by atoms with van der Waals surface area (Å²) >= 11 is 1.06. The van der Waals surface area contributed by atoms with Crippen LogP contribution >= 0.6 is 11.8 Å². The van der Waals surface area contributed by atoms with Crippen LogP contribution in [0.4, 0.5) is 5.69 Å². The molecular formula is C33H25N3O7S. The molecule has 3 aromatic carbocycles. The van der Waals surface area contributed by atoms with Crippen molar-refractivity contribution in [3.05, 3.63) is 102 Å². The SMILES string of the molecule is COc1cccc(C(=O)COC(=O)c2ccc(N3C(=O)CC(Sc4nc(-c5cccc(OC)c5)ccc4C#N)C3=O)cc2)c1. The molecule has 0 bridgehead atoms. The Bertz CT molecular complexity index is 1800. The number of hydrogen-bond acceptors (Lipinski definition) is 10. The van der Waals surface area contributed by atoms with Gasteiger partial charge in [0.05, 0.1) is 42.0 Å². The molecule has 2 amide bonds. The Morgan fingerprint density at radius 2 is 1.64 bits per heavy atom. The van der Waals surface area contributed by atoms with Crippen molar-refractivity contribution in [2.45, 2.75) is 16.7 Å².